The minimum absolute atomic E-state index is 0.735. The highest BCUT2D eigenvalue weighted by atomic mass is 32.1. The van der Waals surface area contributed by atoms with Gasteiger partial charge in [-0.25, -0.2) is 0 Å². The van der Waals surface area contributed by atoms with E-state index in [0.29, 0.717) is 0 Å². The van der Waals surface area contributed by atoms with Gasteiger partial charge in [-0.3, -0.25) is 4.90 Å². The zero-order valence-corrected chi connectivity index (χ0v) is 11.0. The molecule has 3 heteroatoms. The highest BCUT2D eigenvalue weighted by Crippen LogP contribution is 2.27. The van der Waals surface area contributed by atoms with E-state index in [2.05, 4.69) is 46.8 Å². The molecule has 1 aliphatic rings. The molecule has 0 saturated carbocycles. The van der Waals surface area contributed by atoms with Crippen LogP contribution in [0.2, 0.25) is 0 Å². The lowest BCUT2D eigenvalue weighted by molar-refractivity contribution is 0.146. The van der Waals surface area contributed by atoms with E-state index in [0.717, 1.165) is 32.2 Å². The smallest absolute Gasteiger partial charge is 0.0348 e. The summed E-state index contributed by atoms with van der Waals surface area (Å²) in [5, 5.41) is 7.11. The molecular formula is C14H18N2S. The van der Waals surface area contributed by atoms with Crippen LogP contribution in [0.1, 0.15) is 12.5 Å². The average Bonchev–Trinajstić information content (AvgIpc) is 2.69. The predicted molar refractivity (Wildman–Crippen MR) is 74.6 cm³/mol. The highest BCUT2D eigenvalue weighted by molar-refractivity contribution is 7.17. The summed E-state index contributed by atoms with van der Waals surface area (Å²) in [5.41, 5.74) is 1.49. The Balaban J connectivity index is 1.83. The van der Waals surface area contributed by atoms with Gasteiger partial charge in [0.05, 0.1) is 0 Å². The Bertz CT molecular complexity index is 502. The fourth-order valence-corrected chi connectivity index (χ4v) is 3.36. The van der Waals surface area contributed by atoms with Gasteiger partial charge < -0.3 is 5.32 Å². The summed E-state index contributed by atoms with van der Waals surface area (Å²) < 4.78 is 1.41. The minimum atomic E-state index is 0.735. The Morgan fingerprint density at radius 2 is 2.18 bits per heavy atom. The quantitative estimate of drug-likeness (QED) is 0.892. The summed E-state index contributed by atoms with van der Waals surface area (Å²) in [5.74, 6) is 0. The van der Waals surface area contributed by atoms with E-state index in [9.17, 15) is 0 Å². The van der Waals surface area contributed by atoms with Gasteiger partial charge >= 0.3 is 0 Å². The van der Waals surface area contributed by atoms with Gasteiger partial charge in [0.15, 0.2) is 0 Å². The van der Waals surface area contributed by atoms with Crippen LogP contribution in [-0.2, 0) is 6.54 Å². The van der Waals surface area contributed by atoms with Crippen molar-refractivity contribution in [1.82, 2.24) is 10.2 Å². The van der Waals surface area contributed by atoms with Crippen molar-refractivity contribution in [3.63, 3.8) is 0 Å². The van der Waals surface area contributed by atoms with Crippen molar-refractivity contribution in [2.24, 2.45) is 0 Å². The number of hydrogen-bond acceptors (Lipinski definition) is 3. The second-order valence-electron chi connectivity index (χ2n) is 4.63. The first-order valence-electron chi connectivity index (χ1n) is 6.28. The summed E-state index contributed by atoms with van der Waals surface area (Å²) in [7, 11) is 0. The summed E-state index contributed by atoms with van der Waals surface area (Å²) >= 11 is 1.86. The number of fused-ring (bicyclic) bond motifs is 1. The molecule has 0 atom stereocenters. The van der Waals surface area contributed by atoms with Crippen molar-refractivity contribution >= 4 is 21.4 Å². The van der Waals surface area contributed by atoms with Crippen LogP contribution in [0.3, 0.4) is 0 Å². The number of thiophene rings is 1. The van der Waals surface area contributed by atoms with Gasteiger partial charge in [0, 0.05) is 30.4 Å². The standard InChI is InChI=1S/C14H18N2S/c1-2-16(12-7-15-8-12)9-11-10-17-14-6-4-3-5-13(11)14/h3-6,10,12,15H,2,7-9H2,1H3. The summed E-state index contributed by atoms with van der Waals surface area (Å²) in [6, 6.07) is 9.45. The van der Waals surface area contributed by atoms with Gasteiger partial charge in [0.25, 0.3) is 0 Å². The topological polar surface area (TPSA) is 15.3 Å². The van der Waals surface area contributed by atoms with E-state index in [1.165, 1.54) is 15.6 Å². The molecule has 0 unspecified atom stereocenters. The van der Waals surface area contributed by atoms with E-state index in [1.807, 2.05) is 11.3 Å². The van der Waals surface area contributed by atoms with Crippen molar-refractivity contribution in [2.75, 3.05) is 19.6 Å². The number of rotatable bonds is 4. The second kappa shape index (κ2) is 4.77. The molecule has 90 valence electrons. The maximum atomic E-state index is 3.35. The van der Waals surface area contributed by atoms with E-state index in [-0.39, 0.29) is 0 Å². The number of likely N-dealkylation sites (N-methyl/N-ethyl adjacent to an activating group) is 1. The number of nitrogens with one attached hydrogen (secondary N) is 1. The van der Waals surface area contributed by atoms with E-state index in [1.54, 1.807) is 0 Å². The predicted octanol–water partition coefficient (Wildman–Crippen LogP) is 2.70. The number of benzene rings is 1. The van der Waals surface area contributed by atoms with E-state index >= 15 is 0 Å². The molecule has 1 aromatic carbocycles. The lowest BCUT2D eigenvalue weighted by Crippen LogP contribution is -2.56. The third-order valence-corrected chi connectivity index (χ3v) is 4.63. The van der Waals surface area contributed by atoms with Crippen LogP contribution in [0.25, 0.3) is 10.1 Å². The number of nitrogens with zero attached hydrogens (tertiary/aromatic N) is 1. The van der Waals surface area contributed by atoms with Crippen molar-refractivity contribution in [3.8, 4) is 0 Å². The van der Waals surface area contributed by atoms with E-state index in [4.69, 9.17) is 0 Å². The molecule has 0 amide bonds. The van der Waals surface area contributed by atoms with Crippen molar-refractivity contribution < 1.29 is 0 Å². The first-order valence-corrected chi connectivity index (χ1v) is 7.16. The van der Waals surface area contributed by atoms with Gasteiger partial charge in [0.2, 0.25) is 0 Å². The van der Waals surface area contributed by atoms with E-state index < -0.39 is 0 Å². The highest BCUT2D eigenvalue weighted by Gasteiger charge is 2.23. The Labute approximate surface area is 106 Å². The molecule has 2 nitrogen and oxygen atoms in total. The minimum Gasteiger partial charge on any atom is -0.314 e. The molecule has 0 spiro atoms. The molecule has 1 saturated heterocycles. The first kappa shape index (κ1) is 11.2. The molecule has 0 radical (unpaired) electrons. The van der Waals surface area contributed by atoms with Crippen LogP contribution in [0.5, 0.6) is 0 Å². The Morgan fingerprint density at radius 3 is 2.88 bits per heavy atom. The van der Waals surface area contributed by atoms with Crippen LogP contribution in [0.4, 0.5) is 0 Å². The molecule has 1 N–H and O–H groups in total. The average molecular weight is 246 g/mol. The zero-order chi connectivity index (χ0) is 11.7. The lowest BCUT2D eigenvalue weighted by Gasteiger charge is -2.37. The maximum Gasteiger partial charge on any atom is 0.0348 e. The fraction of sp³-hybridized carbons (Fsp3) is 0.429. The molecule has 1 fully saturated rings. The molecule has 2 heterocycles. The molecule has 17 heavy (non-hydrogen) atoms. The van der Waals surface area contributed by atoms with Crippen LogP contribution < -0.4 is 5.32 Å². The summed E-state index contributed by atoms with van der Waals surface area (Å²) in [6.45, 7) is 6.78. The normalized spacial score (nSPS) is 16.6. The second-order valence-corrected chi connectivity index (χ2v) is 5.54. The molecule has 0 bridgehead atoms. The molecule has 2 aromatic rings. The maximum absolute atomic E-state index is 3.35. The van der Waals surface area contributed by atoms with Gasteiger partial charge in [-0.1, -0.05) is 25.1 Å². The third kappa shape index (κ3) is 2.10. The largest absolute Gasteiger partial charge is 0.314 e. The van der Waals surface area contributed by atoms with Gasteiger partial charge in [-0.2, -0.15) is 0 Å². The summed E-state index contributed by atoms with van der Waals surface area (Å²) in [6.07, 6.45) is 0. The number of hydrogen-bond donors (Lipinski definition) is 1. The van der Waals surface area contributed by atoms with Crippen LogP contribution in [-0.4, -0.2) is 30.6 Å². The van der Waals surface area contributed by atoms with Gasteiger partial charge in [0.1, 0.15) is 0 Å². The molecule has 1 aromatic heterocycles. The van der Waals surface area contributed by atoms with Crippen molar-refractivity contribution in [1.29, 1.82) is 0 Å². The molecule has 3 rings (SSSR count). The third-order valence-electron chi connectivity index (χ3n) is 3.62. The Hall–Kier alpha value is -0.900. The SMILES string of the molecule is CCN(Cc1csc2ccccc12)C1CNC1. The Kier molecular flexibility index (Phi) is 3.14. The molecular weight excluding hydrogens is 228 g/mol. The first-order chi connectivity index (χ1) is 8.38. The van der Waals surface area contributed by atoms with Crippen molar-refractivity contribution in [2.45, 2.75) is 19.5 Å². The Morgan fingerprint density at radius 1 is 1.35 bits per heavy atom. The van der Waals surface area contributed by atoms with Crippen LogP contribution in [0.15, 0.2) is 29.6 Å². The molecule has 0 aliphatic carbocycles. The van der Waals surface area contributed by atoms with Gasteiger partial charge in [-0.15, -0.1) is 11.3 Å². The fourth-order valence-electron chi connectivity index (χ4n) is 2.40. The molecule has 1 aliphatic heterocycles. The van der Waals surface area contributed by atoms with Crippen LogP contribution in [0, 0.1) is 0 Å². The summed E-state index contributed by atoms with van der Waals surface area (Å²) in [4.78, 5) is 2.57. The monoisotopic (exact) mass is 246 g/mol. The van der Waals surface area contributed by atoms with Crippen LogP contribution >= 0.6 is 11.3 Å². The zero-order valence-electron chi connectivity index (χ0n) is 10.1. The van der Waals surface area contributed by atoms with Crippen molar-refractivity contribution in [3.05, 3.63) is 35.2 Å². The lowest BCUT2D eigenvalue weighted by atomic mass is 10.1. The van der Waals surface area contributed by atoms with Gasteiger partial charge in [-0.05, 0) is 28.9 Å².